The molecule has 1 amide bonds. The number of nitrogens with zero attached hydrogens (tertiary/aromatic N) is 1. The van der Waals surface area contributed by atoms with Gasteiger partial charge in [-0.05, 0) is 19.3 Å². The third kappa shape index (κ3) is 2.74. The lowest BCUT2D eigenvalue weighted by atomic mass is 10.2. The van der Waals surface area contributed by atoms with E-state index in [1.807, 2.05) is 0 Å². The van der Waals surface area contributed by atoms with Crippen LogP contribution in [0.3, 0.4) is 0 Å². The van der Waals surface area contributed by atoms with Crippen molar-refractivity contribution in [2.45, 2.75) is 31.4 Å². The first-order chi connectivity index (χ1) is 7.61. The van der Waals surface area contributed by atoms with Gasteiger partial charge in [-0.1, -0.05) is 0 Å². The van der Waals surface area contributed by atoms with E-state index in [2.05, 4.69) is 0 Å². The number of carbonyl (C=O) groups excluding carboxylic acids is 1. The molecule has 0 spiro atoms. The average molecular weight is 247 g/mol. The minimum Gasteiger partial charge on any atom is -0.376 e. The second-order valence-electron chi connectivity index (χ2n) is 4.49. The molecular weight excluding hydrogens is 230 g/mol. The predicted molar refractivity (Wildman–Crippen MR) is 58.8 cm³/mol. The van der Waals surface area contributed by atoms with E-state index in [1.54, 1.807) is 4.90 Å². The Morgan fingerprint density at radius 1 is 1.38 bits per heavy atom. The second kappa shape index (κ2) is 4.71. The fourth-order valence-electron chi connectivity index (χ4n) is 2.34. The van der Waals surface area contributed by atoms with Gasteiger partial charge in [0, 0.05) is 19.2 Å². The van der Waals surface area contributed by atoms with Gasteiger partial charge in [0.05, 0.1) is 17.6 Å². The van der Waals surface area contributed by atoms with Crippen molar-refractivity contribution in [1.29, 1.82) is 0 Å². The Kier molecular flexibility index (Phi) is 3.49. The zero-order valence-corrected chi connectivity index (χ0v) is 9.99. The molecule has 0 aromatic carbocycles. The number of ether oxygens (including phenoxy) is 1. The second-order valence-corrected chi connectivity index (χ2v) is 6.72. The van der Waals surface area contributed by atoms with Gasteiger partial charge in [-0.3, -0.25) is 4.79 Å². The quantitative estimate of drug-likeness (QED) is 0.646. The molecule has 0 N–H and O–H groups in total. The van der Waals surface area contributed by atoms with E-state index in [0.717, 1.165) is 25.9 Å². The van der Waals surface area contributed by atoms with E-state index in [0.29, 0.717) is 13.0 Å². The van der Waals surface area contributed by atoms with Crippen molar-refractivity contribution in [3.05, 3.63) is 0 Å². The number of amides is 1. The lowest BCUT2D eigenvalue weighted by Gasteiger charge is -2.26. The number of hydrogen-bond acceptors (Lipinski definition) is 4. The fraction of sp³-hybridized carbons (Fsp3) is 0.900. The largest absolute Gasteiger partial charge is 0.376 e. The molecule has 2 saturated heterocycles. The van der Waals surface area contributed by atoms with Crippen molar-refractivity contribution in [1.82, 2.24) is 4.90 Å². The summed E-state index contributed by atoms with van der Waals surface area (Å²) in [6.07, 6.45) is 3.40. The molecule has 5 nitrogen and oxygen atoms in total. The molecule has 0 saturated carbocycles. The van der Waals surface area contributed by atoms with Crippen molar-refractivity contribution in [3.63, 3.8) is 0 Å². The summed E-state index contributed by atoms with van der Waals surface area (Å²) in [5.74, 6) is 0.311. The zero-order chi connectivity index (χ0) is 11.6. The van der Waals surface area contributed by atoms with Crippen LogP contribution >= 0.6 is 0 Å². The molecule has 2 atom stereocenters. The topological polar surface area (TPSA) is 63.7 Å². The van der Waals surface area contributed by atoms with Crippen molar-refractivity contribution >= 4 is 16.2 Å². The maximum absolute atomic E-state index is 11.3. The Bertz CT molecular complexity index is 348. The van der Waals surface area contributed by atoms with Crippen LogP contribution in [-0.4, -0.2) is 56.5 Å². The van der Waals surface area contributed by atoms with E-state index in [9.17, 15) is 13.2 Å². The molecule has 2 fully saturated rings. The third-order valence-corrected chi connectivity index (χ3v) is 5.00. The van der Waals surface area contributed by atoms with Gasteiger partial charge in [-0.2, -0.15) is 0 Å². The first-order valence-electron chi connectivity index (χ1n) is 5.64. The SMILES string of the molecule is O=CN(CC1CCCO1)C1CCS(=O)(=O)C1. The van der Waals surface area contributed by atoms with Crippen LogP contribution in [-0.2, 0) is 19.4 Å². The first kappa shape index (κ1) is 11.9. The zero-order valence-electron chi connectivity index (χ0n) is 9.17. The fourth-order valence-corrected chi connectivity index (χ4v) is 4.08. The van der Waals surface area contributed by atoms with Crippen LogP contribution in [0.1, 0.15) is 19.3 Å². The summed E-state index contributed by atoms with van der Waals surface area (Å²) >= 11 is 0. The molecule has 2 rings (SSSR count). The minimum atomic E-state index is -2.93. The third-order valence-electron chi connectivity index (χ3n) is 3.25. The predicted octanol–water partition coefficient (Wildman–Crippen LogP) is -0.189. The summed E-state index contributed by atoms with van der Waals surface area (Å²) in [7, 11) is -2.93. The molecule has 0 radical (unpaired) electrons. The highest BCUT2D eigenvalue weighted by molar-refractivity contribution is 7.91. The van der Waals surface area contributed by atoms with Crippen LogP contribution in [0.4, 0.5) is 0 Å². The van der Waals surface area contributed by atoms with Gasteiger partial charge < -0.3 is 9.64 Å². The molecule has 16 heavy (non-hydrogen) atoms. The molecule has 2 unspecified atom stereocenters. The summed E-state index contributed by atoms with van der Waals surface area (Å²) in [4.78, 5) is 12.6. The van der Waals surface area contributed by atoms with E-state index < -0.39 is 9.84 Å². The standard InChI is InChI=1S/C10H17NO4S/c12-8-11(6-10-2-1-4-15-10)9-3-5-16(13,14)7-9/h8-10H,1-7H2. The number of sulfone groups is 1. The number of carbonyl (C=O) groups is 1. The maximum atomic E-state index is 11.3. The Labute approximate surface area is 95.7 Å². The summed E-state index contributed by atoms with van der Waals surface area (Å²) < 4.78 is 28.1. The van der Waals surface area contributed by atoms with Crippen molar-refractivity contribution < 1.29 is 17.9 Å². The normalized spacial score (nSPS) is 32.8. The lowest BCUT2D eigenvalue weighted by molar-refractivity contribution is -0.121. The maximum Gasteiger partial charge on any atom is 0.210 e. The van der Waals surface area contributed by atoms with Crippen LogP contribution in [0.2, 0.25) is 0 Å². The molecule has 2 aliphatic heterocycles. The molecular formula is C10H17NO4S. The van der Waals surface area contributed by atoms with E-state index >= 15 is 0 Å². The highest BCUT2D eigenvalue weighted by Crippen LogP contribution is 2.19. The van der Waals surface area contributed by atoms with Crippen molar-refractivity contribution in [3.8, 4) is 0 Å². The van der Waals surface area contributed by atoms with E-state index in [4.69, 9.17) is 4.74 Å². The Balaban J connectivity index is 1.92. The lowest BCUT2D eigenvalue weighted by Crippen LogP contribution is -2.40. The smallest absolute Gasteiger partial charge is 0.210 e. The molecule has 0 aromatic rings. The van der Waals surface area contributed by atoms with E-state index in [1.165, 1.54) is 0 Å². The average Bonchev–Trinajstić information content (AvgIpc) is 2.83. The number of rotatable bonds is 4. The first-order valence-corrected chi connectivity index (χ1v) is 7.46. The minimum absolute atomic E-state index is 0.0912. The van der Waals surface area contributed by atoms with Crippen LogP contribution in [0.15, 0.2) is 0 Å². The van der Waals surface area contributed by atoms with Gasteiger partial charge in [0.1, 0.15) is 0 Å². The van der Waals surface area contributed by atoms with Gasteiger partial charge in [-0.15, -0.1) is 0 Å². The molecule has 2 heterocycles. The monoisotopic (exact) mass is 247 g/mol. The van der Waals surface area contributed by atoms with Crippen LogP contribution < -0.4 is 0 Å². The molecule has 0 bridgehead atoms. The Morgan fingerprint density at radius 3 is 2.69 bits per heavy atom. The van der Waals surface area contributed by atoms with Gasteiger partial charge in [-0.25, -0.2) is 8.42 Å². The van der Waals surface area contributed by atoms with E-state index in [-0.39, 0.29) is 23.7 Å². The summed E-state index contributed by atoms with van der Waals surface area (Å²) in [5.41, 5.74) is 0. The van der Waals surface area contributed by atoms with Crippen LogP contribution in [0.5, 0.6) is 0 Å². The molecule has 0 aliphatic carbocycles. The molecule has 2 aliphatic rings. The molecule has 0 aromatic heterocycles. The highest BCUT2D eigenvalue weighted by atomic mass is 32.2. The van der Waals surface area contributed by atoms with Gasteiger partial charge >= 0.3 is 0 Å². The van der Waals surface area contributed by atoms with Crippen molar-refractivity contribution in [2.75, 3.05) is 24.7 Å². The summed E-state index contributed by atoms with van der Waals surface area (Å²) in [5, 5.41) is 0. The van der Waals surface area contributed by atoms with Gasteiger partial charge in [0.2, 0.25) is 6.41 Å². The van der Waals surface area contributed by atoms with Crippen LogP contribution in [0.25, 0.3) is 0 Å². The van der Waals surface area contributed by atoms with Gasteiger partial charge in [0.25, 0.3) is 0 Å². The summed E-state index contributed by atoms with van der Waals surface area (Å²) in [6.45, 7) is 1.28. The number of hydrogen-bond donors (Lipinski definition) is 0. The Hall–Kier alpha value is -0.620. The molecule has 92 valence electrons. The molecule has 6 heteroatoms. The van der Waals surface area contributed by atoms with Gasteiger partial charge in [0.15, 0.2) is 9.84 Å². The van der Waals surface area contributed by atoms with Crippen molar-refractivity contribution in [2.24, 2.45) is 0 Å². The highest BCUT2D eigenvalue weighted by Gasteiger charge is 2.33. The summed E-state index contributed by atoms with van der Waals surface area (Å²) in [6, 6.07) is -0.147. The van der Waals surface area contributed by atoms with Crippen LogP contribution in [0, 0.1) is 0 Å². The Morgan fingerprint density at radius 2 is 2.19 bits per heavy atom.